The number of hydrogen-bond acceptors (Lipinski definition) is 7. The Balaban J connectivity index is 1.52. The van der Waals surface area contributed by atoms with E-state index in [0.717, 1.165) is 13.1 Å². The first kappa shape index (κ1) is 19.5. The largest absolute Gasteiger partial charge is 0.465 e. The van der Waals surface area contributed by atoms with E-state index in [1.54, 1.807) is 21.6 Å². The van der Waals surface area contributed by atoms with Crippen molar-refractivity contribution >= 4 is 45.5 Å². The van der Waals surface area contributed by atoms with Gasteiger partial charge in [-0.15, -0.1) is 11.3 Å². The number of ether oxygens (including phenoxy) is 1. The molecule has 0 aliphatic carbocycles. The summed E-state index contributed by atoms with van der Waals surface area (Å²) in [5.41, 5.74) is 1.62. The van der Waals surface area contributed by atoms with Crippen LogP contribution in [0.25, 0.3) is 0 Å². The fourth-order valence-corrected chi connectivity index (χ4v) is 4.48. The molecule has 0 saturated carbocycles. The standard InChI is InChI=1S/C18H21N3O4S2/c1-12(13-3-8-26-10-13)20-4-6-21(7-5-20)17(23)16(22)19-15-9-14(11-27-15)18(24)25-2/h3,8-12H,4-7H2,1-2H3,(H,19,22). The molecule has 2 aromatic heterocycles. The van der Waals surface area contributed by atoms with Gasteiger partial charge < -0.3 is 15.0 Å². The summed E-state index contributed by atoms with van der Waals surface area (Å²) in [6.07, 6.45) is 0. The van der Waals surface area contributed by atoms with Crippen LogP contribution in [0.15, 0.2) is 28.3 Å². The summed E-state index contributed by atoms with van der Waals surface area (Å²) >= 11 is 2.85. The number of carbonyl (C=O) groups excluding carboxylic acids is 3. The van der Waals surface area contributed by atoms with E-state index >= 15 is 0 Å². The lowest BCUT2D eigenvalue weighted by Gasteiger charge is -2.37. The highest BCUT2D eigenvalue weighted by atomic mass is 32.1. The molecule has 1 atom stereocenters. The number of esters is 1. The highest BCUT2D eigenvalue weighted by Gasteiger charge is 2.28. The molecule has 1 fully saturated rings. The number of anilines is 1. The summed E-state index contributed by atoms with van der Waals surface area (Å²) in [6, 6.07) is 3.91. The third-order valence-electron chi connectivity index (χ3n) is 4.63. The maximum Gasteiger partial charge on any atom is 0.338 e. The Morgan fingerprint density at radius 3 is 2.56 bits per heavy atom. The first-order valence-electron chi connectivity index (χ1n) is 8.53. The van der Waals surface area contributed by atoms with Crippen LogP contribution in [0.4, 0.5) is 5.00 Å². The summed E-state index contributed by atoms with van der Waals surface area (Å²) in [5.74, 6) is -1.72. The highest BCUT2D eigenvalue weighted by molar-refractivity contribution is 7.14. The van der Waals surface area contributed by atoms with E-state index in [1.807, 2.05) is 0 Å². The second-order valence-corrected chi connectivity index (χ2v) is 7.90. The SMILES string of the molecule is COC(=O)c1csc(NC(=O)C(=O)N2CCN(C(C)c3ccsc3)CC2)c1. The van der Waals surface area contributed by atoms with E-state index in [9.17, 15) is 14.4 Å². The average molecular weight is 408 g/mol. The van der Waals surface area contributed by atoms with Crippen molar-refractivity contribution in [3.8, 4) is 0 Å². The van der Waals surface area contributed by atoms with E-state index in [0.29, 0.717) is 29.7 Å². The Morgan fingerprint density at radius 2 is 1.93 bits per heavy atom. The van der Waals surface area contributed by atoms with Gasteiger partial charge in [0, 0.05) is 37.6 Å². The quantitative estimate of drug-likeness (QED) is 0.622. The molecule has 1 N–H and O–H groups in total. The molecule has 0 spiro atoms. The van der Waals surface area contributed by atoms with E-state index in [1.165, 1.54) is 30.1 Å². The van der Waals surface area contributed by atoms with Gasteiger partial charge in [0.05, 0.1) is 17.7 Å². The smallest absolute Gasteiger partial charge is 0.338 e. The first-order chi connectivity index (χ1) is 13.0. The summed E-state index contributed by atoms with van der Waals surface area (Å²) in [7, 11) is 1.29. The zero-order valence-corrected chi connectivity index (χ0v) is 16.8. The van der Waals surface area contributed by atoms with Crippen LogP contribution in [0.1, 0.15) is 28.9 Å². The second kappa shape index (κ2) is 8.64. The minimum Gasteiger partial charge on any atom is -0.465 e. The molecule has 1 unspecified atom stereocenters. The van der Waals surface area contributed by atoms with Crippen LogP contribution in [0.3, 0.4) is 0 Å². The number of carbonyl (C=O) groups is 3. The summed E-state index contributed by atoms with van der Waals surface area (Å²) in [4.78, 5) is 40.0. The van der Waals surface area contributed by atoms with Crippen LogP contribution in [0, 0.1) is 0 Å². The molecule has 0 bridgehead atoms. The van der Waals surface area contributed by atoms with Crippen molar-refractivity contribution in [2.45, 2.75) is 13.0 Å². The first-order valence-corrected chi connectivity index (χ1v) is 10.3. The van der Waals surface area contributed by atoms with Crippen LogP contribution in [-0.4, -0.2) is 60.9 Å². The molecule has 1 saturated heterocycles. The van der Waals surface area contributed by atoms with Crippen LogP contribution in [-0.2, 0) is 14.3 Å². The molecule has 3 heterocycles. The van der Waals surface area contributed by atoms with Crippen molar-refractivity contribution in [2.75, 3.05) is 38.6 Å². The van der Waals surface area contributed by atoms with Gasteiger partial charge in [0.1, 0.15) is 0 Å². The number of nitrogens with one attached hydrogen (secondary N) is 1. The van der Waals surface area contributed by atoms with Gasteiger partial charge in [0.25, 0.3) is 0 Å². The molecule has 1 aliphatic heterocycles. The Hall–Kier alpha value is -2.23. The minimum atomic E-state index is -0.687. The molecule has 2 amide bonds. The Morgan fingerprint density at radius 1 is 1.19 bits per heavy atom. The lowest BCUT2D eigenvalue weighted by atomic mass is 10.1. The molecule has 3 rings (SSSR count). The van der Waals surface area contributed by atoms with Gasteiger partial charge in [-0.2, -0.15) is 11.3 Å². The van der Waals surface area contributed by atoms with Gasteiger partial charge in [-0.25, -0.2) is 4.79 Å². The Bertz CT molecular complexity index is 810. The van der Waals surface area contributed by atoms with Gasteiger partial charge in [-0.3, -0.25) is 14.5 Å². The molecule has 7 nitrogen and oxygen atoms in total. The number of piperazine rings is 1. The number of thiophene rings is 2. The van der Waals surface area contributed by atoms with Crippen molar-refractivity contribution in [2.24, 2.45) is 0 Å². The summed E-state index contributed by atoms with van der Waals surface area (Å²) in [6.45, 7) is 4.63. The predicted molar refractivity (Wildman–Crippen MR) is 105 cm³/mol. The van der Waals surface area contributed by atoms with E-state index in [4.69, 9.17) is 0 Å². The number of amides is 2. The minimum absolute atomic E-state index is 0.296. The van der Waals surface area contributed by atoms with E-state index < -0.39 is 17.8 Å². The number of nitrogens with zero attached hydrogens (tertiary/aromatic N) is 2. The third-order valence-corrected chi connectivity index (χ3v) is 6.17. The molecular formula is C18H21N3O4S2. The Kier molecular flexibility index (Phi) is 6.25. The van der Waals surface area contributed by atoms with Gasteiger partial charge in [-0.05, 0) is 35.4 Å². The average Bonchev–Trinajstić information content (AvgIpc) is 3.38. The number of rotatable bonds is 4. The third kappa shape index (κ3) is 4.55. The maximum atomic E-state index is 12.4. The van der Waals surface area contributed by atoms with Crippen molar-refractivity contribution in [1.82, 2.24) is 9.80 Å². The molecule has 1 aliphatic rings. The van der Waals surface area contributed by atoms with Crippen LogP contribution in [0.2, 0.25) is 0 Å². The molecule has 27 heavy (non-hydrogen) atoms. The molecule has 0 radical (unpaired) electrons. The van der Waals surface area contributed by atoms with Crippen molar-refractivity contribution in [3.05, 3.63) is 39.4 Å². The summed E-state index contributed by atoms with van der Waals surface area (Å²) in [5, 5.41) is 8.79. The van der Waals surface area contributed by atoms with Gasteiger partial charge in [0.2, 0.25) is 0 Å². The van der Waals surface area contributed by atoms with E-state index in [2.05, 4.69) is 38.7 Å². The molecule has 2 aromatic rings. The number of methoxy groups -OCH3 is 1. The van der Waals surface area contributed by atoms with Crippen molar-refractivity contribution < 1.29 is 19.1 Å². The summed E-state index contributed by atoms with van der Waals surface area (Å²) < 4.78 is 4.63. The fraction of sp³-hybridized carbons (Fsp3) is 0.389. The van der Waals surface area contributed by atoms with Crippen LogP contribution >= 0.6 is 22.7 Å². The number of hydrogen-bond donors (Lipinski definition) is 1. The lowest BCUT2D eigenvalue weighted by Crippen LogP contribution is -2.51. The second-order valence-electron chi connectivity index (χ2n) is 6.21. The van der Waals surface area contributed by atoms with Gasteiger partial charge >= 0.3 is 17.8 Å². The van der Waals surface area contributed by atoms with Crippen molar-refractivity contribution in [3.63, 3.8) is 0 Å². The molecule has 0 aromatic carbocycles. The predicted octanol–water partition coefficient (Wildman–Crippen LogP) is 2.44. The normalized spacial score (nSPS) is 16.0. The lowest BCUT2D eigenvalue weighted by molar-refractivity contribution is -0.144. The maximum absolute atomic E-state index is 12.4. The zero-order chi connectivity index (χ0) is 19.4. The monoisotopic (exact) mass is 407 g/mol. The fourth-order valence-electron chi connectivity index (χ4n) is 2.97. The highest BCUT2D eigenvalue weighted by Crippen LogP contribution is 2.24. The van der Waals surface area contributed by atoms with Gasteiger partial charge in [-0.1, -0.05) is 0 Å². The van der Waals surface area contributed by atoms with Crippen LogP contribution in [0.5, 0.6) is 0 Å². The van der Waals surface area contributed by atoms with E-state index in [-0.39, 0.29) is 0 Å². The molecule has 144 valence electrons. The van der Waals surface area contributed by atoms with Gasteiger partial charge in [0.15, 0.2) is 0 Å². The topological polar surface area (TPSA) is 78.9 Å². The van der Waals surface area contributed by atoms with Crippen LogP contribution < -0.4 is 5.32 Å². The van der Waals surface area contributed by atoms with Crippen molar-refractivity contribution in [1.29, 1.82) is 0 Å². The molecule has 9 heteroatoms. The Labute approximate surface area is 165 Å². The zero-order valence-electron chi connectivity index (χ0n) is 15.1. The molecular weight excluding hydrogens is 386 g/mol.